The second-order valence-corrected chi connectivity index (χ2v) is 8.51. The molecule has 3 N–H and O–H groups in total. The smallest absolute Gasteiger partial charge is 0.255 e. The Balaban J connectivity index is 1.66. The lowest BCUT2D eigenvalue weighted by atomic mass is 9.98. The molecule has 0 aliphatic heterocycles. The average Bonchev–Trinajstić information content (AvgIpc) is 3.72. The minimum Gasteiger partial charge on any atom is -0.496 e. The standard InChI is InChI=1S/C28H26N4O3/c1-29-27(33)18-10-8-17(9-11-18)21-14-22-24(15-25(21)35-2)30-16-23(28(34)32-20-12-13-20)26(22)31-19-6-4-3-5-7-19/h3-11,14-16,20H,12-13H2,1-2H3,(H,29,33)(H,30,31)(H,32,34). The summed E-state index contributed by atoms with van der Waals surface area (Å²) in [7, 11) is 3.22. The van der Waals surface area contributed by atoms with Crippen molar-refractivity contribution in [3.63, 3.8) is 0 Å². The normalized spacial score (nSPS) is 12.7. The Morgan fingerprint density at radius 2 is 1.71 bits per heavy atom. The van der Waals surface area contributed by atoms with Gasteiger partial charge in [-0.05, 0) is 48.7 Å². The molecule has 1 aliphatic carbocycles. The molecular formula is C28H26N4O3. The number of ether oxygens (including phenoxy) is 1. The van der Waals surface area contributed by atoms with Crippen LogP contribution in [0.25, 0.3) is 22.0 Å². The van der Waals surface area contributed by atoms with Crippen LogP contribution in [0, 0.1) is 0 Å². The fourth-order valence-electron chi connectivity index (χ4n) is 4.02. The number of anilines is 2. The van der Waals surface area contributed by atoms with Gasteiger partial charge in [0, 0.05) is 47.6 Å². The maximum Gasteiger partial charge on any atom is 0.255 e. The first-order valence-corrected chi connectivity index (χ1v) is 11.5. The van der Waals surface area contributed by atoms with E-state index < -0.39 is 0 Å². The molecule has 0 spiro atoms. The minimum absolute atomic E-state index is 0.146. The van der Waals surface area contributed by atoms with Crippen molar-refractivity contribution in [2.75, 3.05) is 19.5 Å². The largest absolute Gasteiger partial charge is 0.496 e. The maximum atomic E-state index is 13.1. The van der Waals surface area contributed by atoms with Gasteiger partial charge in [-0.15, -0.1) is 0 Å². The third-order valence-corrected chi connectivity index (χ3v) is 6.07. The molecule has 0 unspecified atom stereocenters. The Kier molecular flexibility index (Phi) is 6.06. The summed E-state index contributed by atoms with van der Waals surface area (Å²) in [6.07, 6.45) is 3.62. The van der Waals surface area contributed by atoms with Crippen molar-refractivity contribution in [3.8, 4) is 16.9 Å². The van der Waals surface area contributed by atoms with Crippen LogP contribution in [0.5, 0.6) is 5.75 Å². The summed E-state index contributed by atoms with van der Waals surface area (Å²) in [5, 5.41) is 9.94. The first-order chi connectivity index (χ1) is 17.1. The van der Waals surface area contributed by atoms with Crippen LogP contribution >= 0.6 is 0 Å². The highest BCUT2D eigenvalue weighted by atomic mass is 16.5. The number of hydrogen-bond donors (Lipinski definition) is 3. The van der Waals surface area contributed by atoms with Crippen LogP contribution in [-0.4, -0.2) is 37.0 Å². The van der Waals surface area contributed by atoms with E-state index >= 15 is 0 Å². The second kappa shape index (κ2) is 9.46. The molecule has 35 heavy (non-hydrogen) atoms. The molecule has 0 saturated heterocycles. The highest BCUT2D eigenvalue weighted by molar-refractivity contribution is 6.09. The van der Waals surface area contributed by atoms with Crippen molar-refractivity contribution < 1.29 is 14.3 Å². The van der Waals surface area contributed by atoms with Gasteiger partial charge in [-0.2, -0.15) is 0 Å². The predicted molar refractivity (Wildman–Crippen MR) is 137 cm³/mol. The number of carbonyl (C=O) groups is 2. The predicted octanol–water partition coefficient (Wildman–Crippen LogP) is 4.91. The van der Waals surface area contributed by atoms with Crippen molar-refractivity contribution in [2.24, 2.45) is 0 Å². The molecule has 0 atom stereocenters. The van der Waals surface area contributed by atoms with Crippen LogP contribution in [-0.2, 0) is 0 Å². The molecule has 2 amide bonds. The number of aromatic nitrogens is 1. The van der Waals surface area contributed by atoms with E-state index in [-0.39, 0.29) is 17.9 Å². The van der Waals surface area contributed by atoms with Crippen molar-refractivity contribution in [3.05, 3.63) is 84.1 Å². The molecule has 0 radical (unpaired) electrons. The van der Waals surface area contributed by atoms with E-state index in [4.69, 9.17) is 4.74 Å². The Morgan fingerprint density at radius 3 is 2.37 bits per heavy atom. The number of benzene rings is 3. The van der Waals surface area contributed by atoms with E-state index in [2.05, 4.69) is 20.9 Å². The summed E-state index contributed by atoms with van der Waals surface area (Å²) in [4.78, 5) is 29.7. The Hall–Kier alpha value is -4.39. The molecule has 3 aromatic carbocycles. The number of para-hydroxylation sites is 1. The number of amides is 2. The lowest BCUT2D eigenvalue weighted by Gasteiger charge is -2.17. The van der Waals surface area contributed by atoms with Crippen LogP contribution in [0.4, 0.5) is 11.4 Å². The van der Waals surface area contributed by atoms with E-state index in [0.29, 0.717) is 28.1 Å². The molecule has 7 nitrogen and oxygen atoms in total. The fraction of sp³-hybridized carbons (Fsp3) is 0.179. The first-order valence-electron chi connectivity index (χ1n) is 11.5. The van der Waals surface area contributed by atoms with Crippen LogP contribution in [0.2, 0.25) is 0 Å². The van der Waals surface area contributed by atoms with Crippen molar-refractivity contribution in [1.82, 2.24) is 15.6 Å². The van der Waals surface area contributed by atoms with E-state index in [9.17, 15) is 9.59 Å². The van der Waals surface area contributed by atoms with Gasteiger partial charge < -0.3 is 20.7 Å². The van der Waals surface area contributed by atoms with Gasteiger partial charge in [0.15, 0.2) is 0 Å². The monoisotopic (exact) mass is 466 g/mol. The van der Waals surface area contributed by atoms with E-state index in [1.807, 2.05) is 54.6 Å². The van der Waals surface area contributed by atoms with Gasteiger partial charge in [0.25, 0.3) is 11.8 Å². The average molecular weight is 467 g/mol. The molecule has 0 bridgehead atoms. The molecule has 5 rings (SSSR count). The van der Waals surface area contributed by atoms with Gasteiger partial charge in [0.1, 0.15) is 5.75 Å². The second-order valence-electron chi connectivity index (χ2n) is 8.51. The molecule has 1 saturated carbocycles. The van der Waals surface area contributed by atoms with Crippen LogP contribution in [0.15, 0.2) is 72.9 Å². The Bertz CT molecular complexity index is 1400. The quantitative estimate of drug-likeness (QED) is 0.360. The number of hydrogen-bond acceptors (Lipinski definition) is 5. The number of rotatable bonds is 7. The van der Waals surface area contributed by atoms with Crippen LogP contribution in [0.3, 0.4) is 0 Å². The Labute approximate surface area is 203 Å². The number of pyridine rings is 1. The van der Waals surface area contributed by atoms with Gasteiger partial charge in [0.2, 0.25) is 0 Å². The fourth-order valence-corrected chi connectivity index (χ4v) is 4.02. The lowest BCUT2D eigenvalue weighted by molar-refractivity contribution is 0.0947. The van der Waals surface area contributed by atoms with Gasteiger partial charge in [0.05, 0.1) is 23.9 Å². The van der Waals surface area contributed by atoms with E-state index in [1.165, 1.54) is 0 Å². The Morgan fingerprint density at radius 1 is 0.971 bits per heavy atom. The zero-order chi connectivity index (χ0) is 24.4. The zero-order valence-corrected chi connectivity index (χ0v) is 19.6. The van der Waals surface area contributed by atoms with Gasteiger partial charge >= 0.3 is 0 Å². The van der Waals surface area contributed by atoms with E-state index in [0.717, 1.165) is 35.0 Å². The molecule has 7 heteroatoms. The summed E-state index contributed by atoms with van der Waals surface area (Å²) in [5.74, 6) is 0.359. The summed E-state index contributed by atoms with van der Waals surface area (Å²) >= 11 is 0. The maximum absolute atomic E-state index is 13.1. The molecular weight excluding hydrogens is 440 g/mol. The van der Waals surface area contributed by atoms with Crippen molar-refractivity contribution >= 4 is 34.1 Å². The molecule has 4 aromatic rings. The third-order valence-electron chi connectivity index (χ3n) is 6.07. The summed E-state index contributed by atoms with van der Waals surface area (Å²) in [6.45, 7) is 0. The number of nitrogens with zero attached hydrogens (tertiary/aromatic N) is 1. The van der Waals surface area contributed by atoms with E-state index in [1.54, 1.807) is 32.5 Å². The SMILES string of the molecule is CNC(=O)c1ccc(-c2cc3c(Nc4ccccc4)c(C(=O)NC4CC4)cnc3cc2OC)cc1. The molecule has 1 heterocycles. The van der Waals surface area contributed by atoms with Crippen LogP contribution < -0.4 is 20.7 Å². The number of methoxy groups -OCH3 is 1. The van der Waals surface area contributed by atoms with Crippen molar-refractivity contribution in [2.45, 2.75) is 18.9 Å². The highest BCUT2D eigenvalue weighted by Gasteiger charge is 2.26. The molecule has 1 aromatic heterocycles. The molecule has 1 fully saturated rings. The molecule has 1 aliphatic rings. The van der Waals surface area contributed by atoms with Crippen LogP contribution in [0.1, 0.15) is 33.6 Å². The topological polar surface area (TPSA) is 92.4 Å². The zero-order valence-electron chi connectivity index (χ0n) is 19.6. The summed E-state index contributed by atoms with van der Waals surface area (Å²) in [6, 6.07) is 21.1. The van der Waals surface area contributed by atoms with Gasteiger partial charge in [-0.1, -0.05) is 30.3 Å². The number of nitrogens with one attached hydrogen (secondary N) is 3. The van der Waals surface area contributed by atoms with Gasteiger partial charge in [-0.25, -0.2) is 0 Å². The summed E-state index contributed by atoms with van der Waals surface area (Å²) < 4.78 is 5.68. The first kappa shape index (κ1) is 22.4. The highest BCUT2D eigenvalue weighted by Crippen LogP contribution is 2.38. The van der Waals surface area contributed by atoms with Crippen molar-refractivity contribution in [1.29, 1.82) is 0 Å². The third kappa shape index (κ3) is 4.66. The minimum atomic E-state index is -0.146. The summed E-state index contributed by atoms with van der Waals surface area (Å²) in [5.41, 5.74) is 5.03. The van der Waals surface area contributed by atoms with Gasteiger partial charge in [-0.3, -0.25) is 14.6 Å². The number of fused-ring (bicyclic) bond motifs is 1. The molecule has 176 valence electrons. The lowest BCUT2D eigenvalue weighted by Crippen LogP contribution is -2.26. The number of carbonyl (C=O) groups excluding carboxylic acids is 2.